The number of H-pyrrole nitrogens is 1. The third kappa shape index (κ3) is 4.61. The highest BCUT2D eigenvalue weighted by atomic mass is 32.2. The number of imidazole rings is 1. The number of nitrogens with one attached hydrogen (secondary N) is 2. The molecule has 0 spiro atoms. The molecule has 34 heavy (non-hydrogen) atoms. The highest BCUT2D eigenvalue weighted by Crippen LogP contribution is 2.32. The molecule has 3 heterocycles. The quantitative estimate of drug-likeness (QED) is 0.498. The summed E-state index contributed by atoms with van der Waals surface area (Å²) in [5.74, 6) is 1.46. The minimum absolute atomic E-state index is 0.231. The second-order valence-electron chi connectivity index (χ2n) is 9.13. The summed E-state index contributed by atoms with van der Waals surface area (Å²) < 4.78 is 34.4. The topological polar surface area (TPSA) is 111 Å². The Balaban J connectivity index is 1.85. The summed E-state index contributed by atoms with van der Waals surface area (Å²) >= 11 is 0. The van der Waals surface area contributed by atoms with E-state index < -0.39 is 15.1 Å². The van der Waals surface area contributed by atoms with Crippen LogP contribution < -0.4 is 15.2 Å². The van der Waals surface area contributed by atoms with Gasteiger partial charge in [-0.15, -0.1) is 5.10 Å². The van der Waals surface area contributed by atoms with Crippen molar-refractivity contribution < 1.29 is 18.1 Å². The van der Waals surface area contributed by atoms with E-state index in [1.54, 1.807) is 29.6 Å². The largest absolute Gasteiger partial charge is 0.493 e. The highest BCUT2D eigenvalue weighted by Gasteiger charge is 2.33. The summed E-state index contributed by atoms with van der Waals surface area (Å²) in [4.78, 5) is 21.9. The number of likely N-dealkylation sites (tertiary alicyclic amines) is 1. The number of fused-ring (bicyclic) bond motifs is 1. The molecule has 9 nitrogen and oxygen atoms in total. The minimum atomic E-state index is -3.53. The molecule has 10 heteroatoms. The maximum atomic E-state index is 13.5. The van der Waals surface area contributed by atoms with Crippen molar-refractivity contribution in [2.24, 2.45) is 0 Å². The highest BCUT2D eigenvalue weighted by molar-refractivity contribution is 7.92. The van der Waals surface area contributed by atoms with Crippen molar-refractivity contribution in [3.8, 4) is 17.1 Å². The molecule has 0 radical (unpaired) electrons. The fourth-order valence-corrected chi connectivity index (χ4v) is 6.32. The van der Waals surface area contributed by atoms with E-state index in [-0.39, 0.29) is 16.3 Å². The van der Waals surface area contributed by atoms with E-state index in [2.05, 4.69) is 22.1 Å². The van der Waals surface area contributed by atoms with Gasteiger partial charge in [-0.2, -0.15) is 0 Å². The number of benzene rings is 1. The Morgan fingerprint density at radius 2 is 1.94 bits per heavy atom. The van der Waals surface area contributed by atoms with Crippen LogP contribution in [-0.2, 0) is 16.3 Å². The van der Waals surface area contributed by atoms with Gasteiger partial charge in [0, 0.05) is 19.3 Å². The predicted octanol–water partition coefficient (Wildman–Crippen LogP) is 1.59. The molecule has 1 aromatic carbocycles. The number of ether oxygens (including phenoxy) is 1. The standard InChI is InChI=1S/C24H33N5O4S/c1-5-7-21-25-16(3)22-24(30)26-23(27-29(21)22)19-15-18(8-9-20(19)33-14-6-2)34(31,32)17-10-12-28(4)13-11-17/h8-9,15,17H,5-7,10-14H2,1-4H3,(H,26,27,30)/p+1. The second kappa shape index (κ2) is 9.87. The van der Waals surface area contributed by atoms with Crippen molar-refractivity contribution in [3.05, 3.63) is 40.1 Å². The first kappa shape index (κ1) is 24.4. The number of aryl methyl sites for hydroxylation is 2. The average molecular weight is 489 g/mol. The van der Waals surface area contributed by atoms with Crippen LogP contribution in [0.2, 0.25) is 0 Å². The molecule has 3 aromatic rings. The van der Waals surface area contributed by atoms with Gasteiger partial charge in [0.25, 0.3) is 5.56 Å². The van der Waals surface area contributed by atoms with Crippen LogP contribution in [-0.4, -0.2) is 60.0 Å². The van der Waals surface area contributed by atoms with Crippen LogP contribution in [0.15, 0.2) is 27.9 Å². The molecule has 0 saturated carbocycles. The lowest BCUT2D eigenvalue weighted by molar-refractivity contribution is -0.884. The molecular formula is C24H34N5O4S+. The summed E-state index contributed by atoms with van der Waals surface area (Å²) in [6.45, 7) is 7.96. The van der Waals surface area contributed by atoms with Crippen LogP contribution in [0.25, 0.3) is 16.9 Å². The molecule has 1 aliphatic rings. The number of hydrogen-bond acceptors (Lipinski definition) is 6. The number of rotatable bonds is 8. The van der Waals surface area contributed by atoms with Crippen LogP contribution in [0.3, 0.4) is 0 Å². The van der Waals surface area contributed by atoms with Gasteiger partial charge in [-0.1, -0.05) is 13.8 Å². The molecule has 1 saturated heterocycles. The predicted molar refractivity (Wildman–Crippen MR) is 130 cm³/mol. The Morgan fingerprint density at radius 3 is 2.62 bits per heavy atom. The van der Waals surface area contributed by atoms with Gasteiger partial charge < -0.3 is 14.6 Å². The Hall–Kier alpha value is -2.72. The summed E-state index contributed by atoms with van der Waals surface area (Å²) in [5.41, 5.74) is 1.17. The lowest BCUT2D eigenvalue weighted by atomic mass is 10.1. The van der Waals surface area contributed by atoms with Crippen molar-refractivity contribution in [2.45, 2.75) is 63.0 Å². The fraction of sp³-hybridized carbons (Fsp3) is 0.542. The number of nitrogens with zero attached hydrogens (tertiary/aromatic N) is 3. The fourth-order valence-electron chi connectivity index (χ4n) is 4.54. The number of quaternary nitrogens is 1. The molecule has 4 rings (SSSR count). The van der Waals surface area contributed by atoms with Gasteiger partial charge in [0.1, 0.15) is 11.6 Å². The van der Waals surface area contributed by atoms with Gasteiger partial charge in [0.15, 0.2) is 21.2 Å². The lowest BCUT2D eigenvalue weighted by Gasteiger charge is -2.26. The number of hydrogen-bond donors (Lipinski definition) is 2. The van der Waals surface area contributed by atoms with Crippen molar-refractivity contribution in [2.75, 3.05) is 26.7 Å². The van der Waals surface area contributed by atoms with Crippen molar-refractivity contribution in [3.63, 3.8) is 0 Å². The smallest absolute Gasteiger partial charge is 0.277 e. The maximum absolute atomic E-state index is 13.5. The zero-order chi connectivity index (χ0) is 24.5. The molecule has 0 aliphatic carbocycles. The van der Waals surface area contributed by atoms with Crippen LogP contribution in [0.4, 0.5) is 0 Å². The first-order valence-electron chi connectivity index (χ1n) is 12.1. The lowest BCUT2D eigenvalue weighted by Crippen LogP contribution is -3.10. The zero-order valence-electron chi connectivity index (χ0n) is 20.3. The monoisotopic (exact) mass is 488 g/mol. The number of sulfone groups is 1. The summed E-state index contributed by atoms with van der Waals surface area (Å²) in [7, 11) is -1.44. The van der Waals surface area contributed by atoms with E-state index in [4.69, 9.17) is 4.74 Å². The third-order valence-corrected chi connectivity index (χ3v) is 8.70. The zero-order valence-corrected chi connectivity index (χ0v) is 21.2. The van der Waals surface area contributed by atoms with Crippen LogP contribution in [0.5, 0.6) is 5.75 Å². The van der Waals surface area contributed by atoms with Crippen LogP contribution >= 0.6 is 0 Å². The van der Waals surface area contributed by atoms with Gasteiger partial charge in [-0.05, 0) is 38.0 Å². The number of aromatic nitrogens is 4. The van der Waals surface area contributed by atoms with E-state index in [1.807, 2.05) is 13.8 Å². The van der Waals surface area contributed by atoms with Crippen molar-refractivity contribution in [1.29, 1.82) is 0 Å². The molecule has 0 bridgehead atoms. The van der Waals surface area contributed by atoms with Crippen LogP contribution in [0.1, 0.15) is 51.0 Å². The van der Waals surface area contributed by atoms with Gasteiger partial charge in [0.05, 0.1) is 48.1 Å². The summed E-state index contributed by atoms with van der Waals surface area (Å²) in [6, 6.07) is 4.88. The SMILES string of the molecule is CCCOc1ccc(S(=O)(=O)C2CC[NH+](C)CC2)cc1-c1nn2c(CCC)nc(C)c2c(=O)[nH]1. The van der Waals surface area contributed by atoms with E-state index in [0.29, 0.717) is 54.2 Å². The first-order chi connectivity index (χ1) is 16.3. The Kier molecular flexibility index (Phi) is 7.09. The second-order valence-corrected chi connectivity index (χ2v) is 11.4. The molecule has 1 fully saturated rings. The Morgan fingerprint density at radius 1 is 1.21 bits per heavy atom. The number of piperidine rings is 1. The van der Waals surface area contributed by atoms with Crippen molar-refractivity contribution >= 4 is 15.4 Å². The van der Waals surface area contributed by atoms with Crippen LogP contribution in [0, 0.1) is 6.92 Å². The maximum Gasteiger partial charge on any atom is 0.277 e. The third-order valence-electron chi connectivity index (χ3n) is 6.44. The van der Waals surface area contributed by atoms with Gasteiger partial charge >= 0.3 is 0 Å². The Labute approximate surface area is 200 Å². The Bertz CT molecular complexity index is 1340. The van der Waals surface area contributed by atoms with E-state index in [9.17, 15) is 13.2 Å². The van der Waals surface area contributed by atoms with E-state index in [1.165, 1.54) is 4.90 Å². The molecule has 0 unspecified atom stereocenters. The summed E-state index contributed by atoms with van der Waals surface area (Å²) in [6.07, 6.45) is 3.60. The van der Waals surface area contributed by atoms with E-state index in [0.717, 1.165) is 25.9 Å². The first-order valence-corrected chi connectivity index (χ1v) is 13.6. The summed E-state index contributed by atoms with van der Waals surface area (Å²) in [5, 5.41) is 4.27. The number of aromatic amines is 1. The van der Waals surface area contributed by atoms with E-state index >= 15 is 0 Å². The molecule has 2 N–H and O–H groups in total. The average Bonchev–Trinajstić information content (AvgIpc) is 3.13. The minimum Gasteiger partial charge on any atom is -0.493 e. The molecule has 0 atom stereocenters. The van der Waals surface area contributed by atoms with Gasteiger partial charge in [-0.3, -0.25) is 4.79 Å². The molecular weight excluding hydrogens is 454 g/mol. The molecule has 1 aliphatic heterocycles. The molecule has 2 aromatic heterocycles. The van der Waals surface area contributed by atoms with Crippen molar-refractivity contribution in [1.82, 2.24) is 19.6 Å². The molecule has 184 valence electrons. The van der Waals surface area contributed by atoms with Gasteiger partial charge in [-0.25, -0.2) is 17.9 Å². The molecule has 0 amide bonds. The van der Waals surface area contributed by atoms with Gasteiger partial charge in [0.2, 0.25) is 0 Å². The normalized spacial score (nSPS) is 18.9.